The Morgan fingerprint density at radius 1 is 1.59 bits per heavy atom. The minimum absolute atomic E-state index is 0.0956. The number of halogens is 1. The summed E-state index contributed by atoms with van der Waals surface area (Å²) in [5.74, 6) is 1.34. The minimum Gasteiger partial charge on any atom is -0.338 e. The van der Waals surface area contributed by atoms with Crippen molar-refractivity contribution in [2.45, 2.75) is 19.8 Å². The van der Waals surface area contributed by atoms with Crippen LogP contribution in [0.15, 0.2) is 18.5 Å². The van der Waals surface area contributed by atoms with E-state index in [9.17, 15) is 4.79 Å². The first-order valence-corrected chi connectivity index (χ1v) is 6.51. The van der Waals surface area contributed by atoms with Gasteiger partial charge >= 0.3 is 0 Å². The fourth-order valence-corrected chi connectivity index (χ4v) is 2.57. The third-order valence-corrected chi connectivity index (χ3v) is 3.43. The van der Waals surface area contributed by atoms with E-state index in [1.54, 1.807) is 12.4 Å². The fourth-order valence-electron chi connectivity index (χ4n) is 2.26. The van der Waals surface area contributed by atoms with Gasteiger partial charge in [0.05, 0.1) is 5.56 Å². The van der Waals surface area contributed by atoms with Crippen LogP contribution in [0.3, 0.4) is 0 Å². The van der Waals surface area contributed by atoms with Gasteiger partial charge < -0.3 is 4.90 Å². The number of pyridine rings is 1. The molecular weight excluding hydrogens is 236 g/mol. The number of likely N-dealkylation sites (tertiary alicyclic amines) is 1. The Balaban J connectivity index is 2.02. The quantitative estimate of drug-likeness (QED) is 0.775. The summed E-state index contributed by atoms with van der Waals surface area (Å²) < 4.78 is 0. The van der Waals surface area contributed by atoms with Crippen LogP contribution in [0.25, 0.3) is 0 Å². The van der Waals surface area contributed by atoms with Gasteiger partial charge in [-0.3, -0.25) is 9.78 Å². The number of hydrogen-bond donors (Lipinski definition) is 0. The summed E-state index contributed by atoms with van der Waals surface area (Å²) in [6.07, 6.45) is 5.47. The van der Waals surface area contributed by atoms with Crippen LogP contribution >= 0.6 is 11.6 Å². The molecular formula is C13H17ClN2O. The van der Waals surface area contributed by atoms with Gasteiger partial charge in [-0.1, -0.05) is 0 Å². The normalized spacial score (nSPS) is 19.6. The minimum atomic E-state index is 0.0956. The highest BCUT2D eigenvalue weighted by molar-refractivity contribution is 6.17. The van der Waals surface area contributed by atoms with Crippen molar-refractivity contribution in [3.63, 3.8) is 0 Å². The molecule has 0 N–H and O–H groups in total. The number of carbonyl (C=O) groups excluding carboxylic acids is 1. The smallest absolute Gasteiger partial charge is 0.255 e. The van der Waals surface area contributed by atoms with Gasteiger partial charge in [0.25, 0.3) is 5.91 Å². The molecule has 3 nitrogen and oxygen atoms in total. The third kappa shape index (κ3) is 2.97. The van der Waals surface area contributed by atoms with Crippen LogP contribution in [0.2, 0.25) is 0 Å². The van der Waals surface area contributed by atoms with Gasteiger partial charge in [0.1, 0.15) is 0 Å². The first-order valence-electron chi connectivity index (χ1n) is 5.97. The van der Waals surface area contributed by atoms with Gasteiger partial charge in [-0.05, 0) is 37.3 Å². The van der Waals surface area contributed by atoms with Crippen LogP contribution in [-0.4, -0.2) is 34.8 Å². The van der Waals surface area contributed by atoms with Crippen LogP contribution < -0.4 is 0 Å². The van der Waals surface area contributed by atoms with E-state index in [2.05, 4.69) is 4.98 Å². The van der Waals surface area contributed by atoms with E-state index in [0.717, 1.165) is 31.5 Å². The van der Waals surface area contributed by atoms with E-state index in [1.165, 1.54) is 0 Å². The molecule has 2 rings (SSSR count). The van der Waals surface area contributed by atoms with Crippen molar-refractivity contribution >= 4 is 17.5 Å². The van der Waals surface area contributed by atoms with Crippen molar-refractivity contribution in [2.24, 2.45) is 5.92 Å². The Labute approximate surface area is 107 Å². The van der Waals surface area contributed by atoms with Gasteiger partial charge in [-0.25, -0.2) is 0 Å². The van der Waals surface area contributed by atoms with Crippen LogP contribution in [-0.2, 0) is 0 Å². The Morgan fingerprint density at radius 2 is 2.41 bits per heavy atom. The number of carbonyl (C=O) groups is 1. The maximum Gasteiger partial charge on any atom is 0.255 e. The number of amides is 1. The van der Waals surface area contributed by atoms with Crippen molar-refractivity contribution in [3.8, 4) is 0 Å². The van der Waals surface area contributed by atoms with Crippen LogP contribution in [0.1, 0.15) is 28.8 Å². The number of alkyl halides is 1. The molecule has 4 heteroatoms. The van der Waals surface area contributed by atoms with Crippen molar-refractivity contribution in [1.82, 2.24) is 9.88 Å². The molecule has 1 saturated heterocycles. The molecule has 0 spiro atoms. The predicted molar refractivity (Wildman–Crippen MR) is 68.3 cm³/mol. The fraction of sp³-hybridized carbons (Fsp3) is 0.538. The lowest BCUT2D eigenvalue weighted by Gasteiger charge is -2.16. The highest BCUT2D eigenvalue weighted by Gasteiger charge is 2.26. The summed E-state index contributed by atoms with van der Waals surface area (Å²) in [5, 5.41) is 0. The molecule has 1 aliphatic heterocycles. The standard InChI is InChI=1S/C13H17ClN2O/c1-10-6-12(8-15-7-10)13(17)16-5-3-11(9-16)2-4-14/h6-8,11H,2-5,9H2,1H3. The second kappa shape index (κ2) is 5.50. The van der Waals surface area contributed by atoms with Crippen molar-refractivity contribution in [1.29, 1.82) is 0 Å². The first-order chi connectivity index (χ1) is 8.20. The number of aromatic nitrogens is 1. The lowest BCUT2D eigenvalue weighted by Crippen LogP contribution is -2.28. The first kappa shape index (κ1) is 12.4. The van der Waals surface area contributed by atoms with E-state index >= 15 is 0 Å². The van der Waals surface area contributed by atoms with Crippen molar-refractivity contribution < 1.29 is 4.79 Å². The van der Waals surface area contributed by atoms with Gasteiger partial charge in [0, 0.05) is 31.4 Å². The molecule has 17 heavy (non-hydrogen) atoms. The number of hydrogen-bond acceptors (Lipinski definition) is 2. The Kier molecular flexibility index (Phi) is 4.00. The highest BCUT2D eigenvalue weighted by atomic mass is 35.5. The molecule has 2 heterocycles. The average molecular weight is 253 g/mol. The Bertz CT molecular complexity index is 408. The second-order valence-electron chi connectivity index (χ2n) is 4.63. The molecule has 1 atom stereocenters. The van der Waals surface area contributed by atoms with Crippen LogP contribution in [0.5, 0.6) is 0 Å². The summed E-state index contributed by atoms with van der Waals surface area (Å²) in [5.41, 5.74) is 1.71. The second-order valence-corrected chi connectivity index (χ2v) is 5.01. The molecule has 0 radical (unpaired) electrons. The van der Waals surface area contributed by atoms with Crippen LogP contribution in [0, 0.1) is 12.8 Å². The highest BCUT2D eigenvalue weighted by Crippen LogP contribution is 2.21. The molecule has 1 amide bonds. The molecule has 1 fully saturated rings. The monoisotopic (exact) mass is 252 g/mol. The molecule has 92 valence electrons. The SMILES string of the molecule is Cc1cncc(C(=O)N2CCC(CCCl)C2)c1. The molecule has 0 saturated carbocycles. The Hall–Kier alpha value is -1.09. The maximum absolute atomic E-state index is 12.2. The molecule has 0 bridgehead atoms. The van der Waals surface area contributed by atoms with Crippen molar-refractivity contribution in [2.75, 3.05) is 19.0 Å². The van der Waals surface area contributed by atoms with E-state index in [1.807, 2.05) is 17.9 Å². The van der Waals surface area contributed by atoms with Gasteiger partial charge in [0.15, 0.2) is 0 Å². The lowest BCUT2D eigenvalue weighted by molar-refractivity contribution is 0.0786. The summed E-state index contributed by atoms with van der Waals surface area (Å²) in [4.78, 5) is 18.2. The van der Waals surface area contributed by atoms with Crippen LogP contribution in [0.4, 0.5) is 0 Å². The largest absolute Gasteiger partial charge is 0.338 e. The zero-order valence-corrected chi connectivity index (χ0v) is 10.8. The number of aryl methyl sites for hydroxylation is 1. The zero-order valence-electron chi connectivity index (χ0n) is 10.0. The van der Waals surface area contributed by atoms with E-state index < -0.39 is 0 Å². The predicted octanol–water partition coefficient (Wildman–Crippen LogP) is 2.48. The Morgan fingerprint density at radius 3 is 3.12 bits per heavy atom. The van der Waals surface area contributed by atoms with Gasteiger partial charge in [-0.2, -0.15) is 0 Å². The van der Waals surface area contributed by atoms with E-state index in [4.69, 9.17) is 11.6 Å². The molecule has 1 unspecified atom stereocenters. The molecule has 1 aromatic heterocycles. The molecule has 1 aliphatic rings. The van der Waals surface area contributed by atoms with E-state index in [0.29, 0.717) is 17.4 Å². The van der Waals surface area contributed by atoms with Crippen molar-refractivity contribution in [3.05, 3.63) is 29.6 Å². The zero-order chi connectivity index (χ0) is 12.3. The third-order valence-electron chi connectivity index (χ3n) is 3.21. The maximum atomic E-state index is 12.2. The van der Waals surface area contributed by atoms with Gasteiger partial charge in [0.2, 0.25) is 0 Å². The topological polar surface area (TPSA) is 33.2 Å². The summed E-state index contributed by atoms with van der Waals surface area (Å²) >= 11 is 5.73. The summed E-state index contributed by atoms with van der Waals surface area (Å²) in [6, 6.07) is 1.89. The molecule has 0 aromatic carbocycles. The molecule has 1 aromatic rings. The number of rotatable bonds is 3. The number of nitrogens with zero attached hydrogens (tertiary/aromatic N) is 2. The van der Waals surface area contributed by atoms with E-state index in [-0.39, 0.29) is 5.91 Å². The lowest BCUT2D eigenvalue weighted by atomic mass is 10.1. The average Bonchev–Trinajstić information content (AvgIpc) is 2.77. The molecule has 0 aliphatic carbocycles. The van der Waals surface area contributed by atoms with Gasteiger partial charge in [-0.15, -0.1) is 11.6 Å². The summed E-state index contributed by atoms with van der Waals surface area (Å²) in [6.45, 7) is 3.62. The summed E-state index contributed by atoms with van der Waals surface area (Å²) in [7, 11) is 0.